The van der Waals surface area contributed by atoms with Gasteiger partial charge in [-0.1, -0.05) is 29.8 Å². The second-order valence-corrected chi connectivity index (χ2v) is 9.53. The number of hydrogen-bond donors (Lipinski definition) is 0. The van der Waals surface area contributed by atoms with Crippen LogP contribution in [0.3, 0.4) is 0 Å². The summed E-state index contributed by atoms with van der Waals surface area (Å²) in [6, 6.07) is 14.1. The summed E-state index contributed by atoms with van der Waals surface area (Å²) in [5.74, 6) is -0.0224. The lowest BCUT2D eigenvalue weighted by atomic mass is 10.1. The molecule has 0 unspecified atom stereocenters. The van der Waals surface area contributed by atoms with Crippen molar-refractivity contribution in [2.45, 2.75) is 26.8 Å². The fraction of sp³-hybridized carbons (Fsp3) is 0.217. The van der Waals surface area contributed by atoms with Crippen molar-refractivity contribution in [1.82, 2.24) is 9.47 Å². The lowest BCUT2D eigenvalue weighted by Gasteiger charge is -2.12. The van der Waals surface area contributed by atoms with Crippen LogP contribution in [0.4, 0.5) is 5.69 Å². The van der Waals surface area contributed by atoms with E-state index < -0.39 is 0 Å². The number of halogens is 2. The molecule has 3 aromatic rings. The van der Waals surface area contributed by atoms with E-state index in [9.17, 15) is 4.79 Å². The van der Waals surface area contributed by atoms with Crippen LogP contribution in [0.15, 0.2) is 63.0 Å². The van der Waals surface area contributed by atoms with Crippen molar-refractivity contribution in [2.24, 2.45) is 4.99 Å². The van der Waals surface area contributed by atoms with Crippen LogP contribution in [0.5, 0.6) is 0 Å². The van der Waals surface area contributed by atoms with Crippen molar-refractivity contribution in [2.75, 3.05) is 6.54 Å². The van der Waals surface area contributed by atoms with E-state index in [1.54, 1.807) is 11.0 Å². The molecule has 0 atom stereocenters. The van der Waals surface area contributed by atoms with Crippen LogP contribution >= 0.6 is 39.3 Å². The number of carbonyl (C=O) groups is 1. The molecule has 7 heteroatoms. The maximum Gasteiger partial charge on any atom is 0.266 e. The lowest BCUT2D eigenvalue weighted by molar-refractivity contribution is -0.122. The highest BCUT2D eigenvalue weighted by molar-refractivity contribution is 9.10. The lowest BCUT2D eigenvalue weighted by Crippen LogP contribution is -2.28. The third kappa shape index (κ3) is 3.96. The molecule has 0 spiro atoms. The van der Waals surface area contributed by atoms with E-state index in [0.717, 1.165) is 21.1 Å². The van der Waals surface area contributed by atoms with Gasteiger partial charge >= 0.3 is 0 Å². The molecule has 2 aromatic carbocycles. The van der Waals surface area contributed by atoms with Crippen LogP contribution in [0.2, 0.25) is 5.02 Å². The number of nitrogens with zero attached hydrogens (tertiary/aromatic N) is 3. The van der Waals surface area contributed by atoms with Gasteiger partial charge in [0.15, 0.2) is 5.17 Å². The van der Waals surface area contributed by atoms with Gasteiger partial charge in [-0.05, 0) is 78.8 Å². The van der Waals surface area contributed by atoms with Crippen LogP contribution < -0.4 is 0 Å². The number of thioether (sulfide) groups is 1. The van der Waals surface area contributed by atoms with Crippen molar-refractivity contribution in [3.8, 4) is 0 Å². The standard InChI is InChI=1S/C23H21BrClN3OS/c1-4-27-22(29)21(30-23(27)26-16-9-10-18(24)19(25)12-16)11-15-13-28(14(2)3)20-8-6-5-7-17(15)20/h5-14H,4H2,1-3H3/b21-11+,26-23?. The Morgan fingerprint density at radius 1 is 1.23 bits per heavy atom. The van der Waals surface area contributed by atoms with Gasteiger partial charge in [-0.25, -0.2) is 4.99 Å². The molecule has 0 bridgehead atoms. The fourth-order valence-electron chi connectivity index (χ4n) is 3.45. The maximum absolute atomic E-state index is 13.1. The number of benzene rings is 2. The van der Waals surface area contributed by atoms with Crippen LogP contribution in [-0.2, 0) is 4.79 Å². The number of aromatic nitrogens is 1. The highest BCUT2D eigenvalue weighted by Gasteiger charge is 2.32. The molecule has 1 fully saturated rings. The first kappa shape index (κ1) is 21.2. The first-order chi connectivity index (χ1) is 14.4. The van der Waals surface area contributed by atoms with Crippen molar-refractivity contribution in [1.29, 1.82) is 0 Å². The average molecular weight is 503 g/mol. The van der Waals surface area contributed by atoms with E-state index in [1.165, 1.54) is 17.3 Å². The molecule has 0 N–H and O–H groups in total. The Hall–Kier alpha value is -2.02. The zero-order valence-electron chi connectivity index (χ0n) is 16.9. The number of aliphatic imine (C=N–C) groups is 1. The van der Waals surface area contributed by atoms with E-state index in [0.29, 0.717) is 27.7 Å². The predicted octanol–water partition coefficient (Wildman–Crippen LogP) is 7.26. The normalized spacial score (nSPS) is 17.3. The molecule has 2 heterocycles. The number of rotatable bonds is 4. The van der Waals surface area contributed by atoms with Gasteiger partial charge in [-0.3, -0.25) is 9.69 Å². The number of carbonyl (C=O) groups excluding carboxylic acids is 1. The summed E-state index contributed by atoms with van der Waals surface area (Å²) in [4.78, 5) is 20.1. The van der Waals surface area contributed by atoms with E-state index in [1.807, 2.05) is 37.3 Å². The molecule has 30 heavy (non-hydrogen) atoms. The summed E-state index contributed by atoms with van der Waals surface area (Å²) in [5, 5.41) is 2.39. The minimum absolute atomic E-state index is 0.0224. The number of amides is 1. The van der Waals surface area contributed by atoms with Gasteiger partial charge in [0.2, 0.25) is 0 Å². The monoisotopic (exact) mass is 501 g/mol. The molecular weight excluding hydrogens is 482 g/mol. The van der Waals surface area contributed by atoms with Gasteiger partial charge in [0.1, 0.15) is 0 Å². The van der Waals surface area contributed by atoms with Crippen LogP contribution in [0.25, 0.3) is 17.0 Å². The summed E-state index contributed by atoms with van der Waals surface area (Å²) < 4.78 is 3.06. The van der Waals surface area contributed by atoms with Gasteiger partial charge in [0, 0.05) is 39.7 Å². The number of fused-ring (bicyclic) bond motifs is 1. The zero-order valence-corrected chi connectivity index (χ0v) is 20.1. The van der Waals surface area contributed by atoms with E-state index in [4.69, 9.17) is 11.6 Å². The third-order valence-electron chi connectivity index (χ3n) is 4.95. The molecule has 154 valence electrons. The Labute approximate surface area is 193 Å². The zero-order chi connectivity index (χ0) is 21.4. The van der Waals surface area contributed by atoms with Crippen molar-refractivity contribution < 1.29 is 4.79 Å². The number of hydrogen-bond acceptors (Lipinski definition) is 3. The Morgan fingerprint density at radius 3 is 2.70 bits per heavy atom. The molecule has 0 radical (unpaired) electrons. The molecule has 1 amide bonds. The van der Waals surface area contributed by atoms with Crippen LogP contribution in [-0.4, -0.2) is 27.1 Å². The summed E-state index contributed by atoms with van der Waals surface area (Å²) in [6.45, 7) is 6.83. The molecule has 0 saturated carbocycles. The Kier molecular flexibility index (Phi) is 6.09. The summed E-state index contributed by atoms with van der Waals surface area (Å²) in [5.41, 5.74) is 2.93. The topological polar surface area (TPSA) is 37.6 Å². The number of amidine groups is 1. The molecule has 4 nitrogen and oxygen atoms in total. The second kappa shape index (κ2) is 8.61. The van der Waals surface area contributed by atoms with Crippen molar-refractivity contribution in [3.05, 3.63) is 68.6 Å². The molecule has 1 aliphatic heterocycles. The third-order valence-corrected chi connectivity index (χ3v) is 7.19. The molecule has 1 aromatic heterocycles. The molecule has 1 saturated heterocycles. The smallest absolute Gasteiger partial charge is 0.266 e. The predicted molar refractivity (Wildman–Crippen MR) is 132 cm³/mol. The average Bonchev–Trinajstić information content (AvgIpc) is 3.23. The van der Waals surface area contributed by atoms with Gasteiger partial charge < -0.3 is 4.57 Å². The summed E-state index contributed by atoms with van der Waals surface area (Å²) in [7, 11) is 0. The Morgan fingerprint density at radius 2 is 2.00 bits per heavy atom. The minimum Gasteiger partial charge on any atom is -0.344 e. The fourth-order valence-corrected chi connectivity index (χ4v) is 4.93. The van der Waals surface area contributed by atoms with Crippen LogP contribution in [0.1, 0.15) is 32.4 Å². The highest BCUT2D eigenvalue weighted by atomic mass is 79.9. The Bertz CT molecular complexity index is 1200. The number of para-hydroxylation sites is 1. The largest absolute Gasteiger partial charge is 0.344 e. The van der Waals surface area contributed by atoms with Gasteiger partial charge in [-0.2, -0.15) is 0 Å². The minimum atomic E-state index is -0.0224. The quantitative estimate of drug-likeness (QED) is 0.352. The van der Waals surface area contributed by atoms with E-state index >= 15 is 0 Å². The molecule has 1 aliphatic rings. The molecular formula is C23H21BrClN3OS. The van der Waals surface area contributed by atoms with Crippen molar-refractivity contribution >= 4 is 73.0 Å². The SMILES string of the molecule is CCN1C(=O)/C(=C\c2cn(C(C)C)c3ccccc23)SC1=Nc1ccc(Br)c(Cl)c1. The van der Waals surface area contributed by atoms with E-state index in [-0.39, 0.29) is 5.91 Å². The molecule has 0 aliphatic carbocycles. The summed E-state index contributed by atoms with van der Waals surface area (Å²) in [6.07, 6.45) is 4.10. The molecule has 4 rings (SSSR count). The van der Waals surface area contributed by atoms with Crippen LogP contribution in [0, 0.1) is 0 Å². The van der Waals surface area contributed by atoms with E-state index in [2.05, 4.69) is 57.7 Å². The number of likely N-dealkylation sites (N-methyl/N-ethyl adjacent to an activating group) is 1. The van der Waals surface area contributed by atoms with Gasteiger partial charge in [0.25, 0.3) is 5.91 Å². The highest BCUT2D eigenvalue weighted by Crippen LogP contribution is 2.36. The second-order valence-electron chi connectivity index (χ2n) is 7.26. The van der Waals surface area contributed by atoms with Gasteiger partial charge in [0.05, 0.1) is 15.6 Å². The summed E-state index contributed by atoms with van der Waals surface area (Å²) >= 11 is 11.0. The maximum atomic E-state index is 13.1. The van der Waals surface area contributed by atoms with Gasteiger partial charge in [-0.15, -0.1) is 0 Å². The Balaban J connectivity index is 1.75. The first-order valence-electron chi connectivity index (χ1n) is 9.73. The van der Waals surface area contributed by atoms with Crippen molar-refractivity contribution in [3.63, 3.8) is 0 Å². The first-order valence-corrected chi connectivity index (χ1v) is 11.7.